The third kappa shape index (κ3) is 3.54. The summed E-state index contributed by atoms with van der Waals surface area (Å²) in [4.78, 5) is 11.5. The van der Waals surface area contributed by atoms with E-state index in [4.69, 9.17) is 0 Å². The van der Waals surface area contributed by atoms with Crippen molar-refractivity contribution in [3.05, 3.63) is 46.6 Å². The van der Waals surface area contributed by atoms with Crippen LogP contribution in [0.3, 0.4) is 0 Å². The number of hydrogen-bond donors (Lipinski definition) is 1. The Morgan fingerprint density at radius 1 is 1.17 bits per heavy atom. The lowest BCUT2D eigenvalue weighted by Crippen LogP contribution is -2.18. The quantitative estimate of drug-likeness (QED) is 0.697. The zero-order chi connectivity index (χ0) is 15.6. The fourth-order valence-electron chi connectivity index (χ4n) is 2.90. The second-order valence-electron chi connectivity index (χ2n) is 5.79. The standard InChI is InChI=1S/C17H17BrN4S/c18-13-3-4-14-15(10-13)23-17(20-14)21-16-9-12(5-6-19-16)11-22-7-1-2-8-22/h3-6,9-10H,1-2,7-8,11H2,(H,19,20,21). The molecule has 1 aromatic carbocycles. The summed E-state index contributed by atoms with van der Waals surface area (Å²) in [5, 5.41) is 4.22. The van der Waals surface area contributed by atoms with Gasteiger partial charge in [-0.2, -0.15) is 0 Å². The predicted molar refractivity (Wildman–Crippen MR) is 99.4 cm³/mol. The maximum absolute atomic E-state index is 4.62. The molecule has 0 atom stereocenters. The molecule has 0 saturated carbocycles. The van der Waals surface area contributed by atoms with Crippen LogP contribution in [0.15, 0.2) is 41.0 Å². The number of benzene rings is 1. The van der Waals surface area contributed by atoms with Gasteiger partial charge in [0.2, 0.25) is 0 Å². The predicted octanol–water partition coefficient (Wildman–Crippen LogP) is 4.79. The minimum atomic E-state index is 0.861. The van der Waals surface area contributed by atoms with Gasteiger partial charge < -0.3 is 5.32 Å². The Hall–Kier alpha value is -1.50. The van der Waals surface area contributed by atoms with Crippen molar-refractivity contribution in [1.29, 1.82) is 0 Å². The number of hydrogen-bond acceptors (Lipinski definition) is 5. The number of halogens is 1. The van der Waals surface area contributed by atoms with Crippen molar-refractivity contribution in [3.8, 4) is 0 Å². The molecule has 1 fully saturated rings. The van der Waals surface area contributed by atoms with Gasteiger partial charge in [-0.3, -0.25) is 4.90 Å². The molecular weight excluding hydrogens is 372 g/mol. The molecule has 118 valence electrons. The topological polar surface area (TPSA) is 41.1 Å². The third-order valence-corrected chi connectivity index (χ3v) is 5.44. The number of thiazole rings is 1. The van der Waals surface area contributed by atoms with Crippen molar-refractivity contribution >= 4 is 48.4 Å². The first-order valence-electron chi connectivity index (χ1n) is 7.77. The number of anilines is 2. The summed E-state index contributed by atoms with van der Waals surface area (Å²) >= 11 is 5.14. The average molecular weight is 389 g/mol. The van der Waals surface area contributed by atoms with Crippen LogP contribution in [-0.4, -0.2) is 28.0 Å². The van der Waals surface area contributed by atoms with E-state index in [2.05, 4.69) is 54.3 Å². The van der Waals surface area contributed by atoms with Crippen molar-refractivity contribution in [2.75, 3.05) is 18.4 Å². The molecule has 4 rings (SSSR count). The largest absolute Gasteiger partial charge is 0.316 e. The number of likely N-dealkylation sites (tertiary alicyclic amines) is 1. The van der Waals surface area contributed by atoms with Crippen LogP contribution in [-0.2, 0) is 6.54 Å². The summed E-state index contributed by atoms with van der Waals surface area (Å²) in [6, 6.07) is 10.4. The average Bonchev–Trinajstić information content (AvgIpc) is 3.16. The first-order valence-corrected chi connectivity index (χ1v) is 9.38. The highest BCUT2D eigenvalue weighted by atomic mass is 79.9. The second kappa shape index (κ2) is 6.55. The summed E-state index contributed by atoms with van der Waals surface area (Å²) in [6.45, 7) is 3.42. The van der Waals surface area contributed by atoms with Crippen molar-refractivity contribution in [3.63, 3.8) is 0 Å². The molecule has 0 unspecified atom stereocenters. The maximum atomic E-state index is 4.62. The molecule has 0 amide bonds. The Morgan fingerprint density at radius 2 is 2.04 bits per heavy atom. The molecule has 0 bridgehead atoms. The van der Waals surface area contributed by atoms with Crippen molar-refractivity contribution in [2.24, 2.45) is 0 Å². The number of nitrogens with zero attached hydrogens (tertiary/aromatic N) is 3. The van der Waals surface area contributed by atoms with E-state index < -0.39 is 0 Å². The zero-order valence-electron chi connectivity index (χ0n) is 12.6. The first kappa shape index (κ1) is 15.1. The molecule has 0 aliphatic carbocycles. The minimum absolute atomic E-state index is 0.861. The second-order valence-corrected chi connectivity index (χ2v) is 7.73. The number of nitrogens with one attached hydrogen (secondary N) is 1. The van der Waals surface area contributed by atoms with Crippen LogP contribution in [0.25, 0.3) is 10.2 Å². The van der Waals surface area contributed by atoms with Crippen LogP contribution in [0.4, 0.5) is 10.9 Å². The fourth-order valence-corrected chi connectivity index (χ4v) is 4.33. The first-order chi connectivity index (χ1) is 11.3. The summed E-state index contributed by atoms with van der Waals surface area (Å²) in [6.07, 6.45) is 4.51. The van der Waals surface area contributed by atoms with Crippen LogP contribution in [0.2, 0.25) is 0 Å². The number of aromatic nitrogens is 2. The van der Waals surface area contributed by atoms with Crippen molar-refractivity contribution in [1.82, 2.24) is 14.9 Å². The van der Waals surface area contributed by atoms with Gasteiger partial charge in [-0.15, -0.1) is 0 Å². The Balaban J connectivity index is 1.52. The van der Waals surface area contributed by atoms with Crippen molar-refractivity contribution in [2.45, 2.75) is 19.4 Å². The number of pyridine rings is 1. The van der Waals surface area contributed by atoms with E-state index in [1.165, 1.54) is 31.5 Å². The van der Waals surface area contributed by atoms with Gasteiger partial charge in [0, 0.05) is 17.2 Å². The molecule has 0 spiro atoms. The van der Waals surface area contributed by atoms with E-state index in [0.717, 1.165) is 32.2 Å². The molecule has 1 aliphatic rings. The van der Waals surface area contributed by atoms with Crippen LogP contribution in [0.1, 0.15) is 18.4 Å². The Labute approximate surface area is 147 Å². The maximum Gasteiger partial charge on any atom is 0.189 e. The number of rotatable bonds is 4. The summed E-state index contributed by atoms with van der Waals surface area (Å²) in [7, 11) is 0. The SMILES string of the molecule is Brc1ccc2nc(Nc3cc(CN4CCCC4)ccn3)sc2c1. The Morgan fingerprint density at radius 3 is 2.91 bits per heavy atom. The number of fused-ring (bicyclic) bond motifs is 1. The normalized spacial score (nSPS) is 15.3. The molecule has 1 N–H and O–H groups in total. The van der Waals surface area contributed by atoms with Gasteiger partial charge in [-0.05, 0) is 61.8 Å². The Bertz CT molecular complexity index is 826. The fraction of sp³-hybridized carbons (Fsp3) is 0.294. The minimum Gasteiger partial charge on any atom is -0.316 e. The third-order valence-electron chi connectivity index (χ3n) is 4.01. The molecule has 4 nitrogen and oxygen atoms in total. The monoisotopic (exact) mass is 388 g/mol. The van der Waals surface area contributed by atoms with Gasteiger partial charge in [0.1, 0.15) is 5.82 Å². The van der Waals surface area contributed by atoms with E-state index >= 15 is 0 Å². The van der Waals surface area contributed by atoms with Gasteiger partial charge in [0.05, 0.1) is 10.2 Å². The molecule has 0 radical (unpaired) electrons. The van der Waals surface area contributed by atoms with Gasteiger partial charge in [-0.25, -0.2) is 9.97 Å². The van der Waals surface area contributed by atoms with E-state index in [1.54, 1.807) is 11.3 Å². The summed E-state index contributed by atoms with van der Waals surface area (Å²) < 4.78 is 2.24. The highest BCUT2D eigenvalue weighted by molar-refractivity contribution is 9.10. The highest BCUT2D eigenvalue weighted by Crippen LogP contribution is 2.30. The van der Waals surface area contributed by atoms with E-state index in [0.29, 0.717) is 0 Å². The van der Waals surface area contributed by atoms with Gasteiger partial charge >= 0.3 is 0 Å². The summed E-state index contributed by atoms with van der Waals surface area (Å²) in [5.41, 5.74) is 2.31. The lowest BCUT2D eigenvalue weighted by molar-refractivity contribution is 0.331. The molecular formula is C17H17BrN4S. The smallest absolute Gasteiger partial charge is 0.189 e. The zero-order valence-corrected chi connectivity index (χ0v) is 15.0. The molecule has 3 aromatic rings. The summed E-state index contributed by atoms with van der Waals surface area (Å²) in [5.74, 6) is 0.861. The van der Waals surface area contributed by atoms with Crippen molar-refractivity contribution < 1.29 is 0 Å². The van der Waals surface area contributed by atoms with Gasteiger partial charge in [0.25, 0.3) is 0 Å². The van der Waals surface area contributed by atoms with E-state index in [-0.39, 0.29) is 0 Å². The van der Waals surface area contributed by atoms with Crippen LogP contribution in [0.5, 0.6) is 0 Å². The molecule has 6 heteroatoms. The van der Waals surface area contributed by atoms with Crippen LogP contribution >= 0.6 is 27.3 Å². The molecule has 23 heavy (non-hydrogen) atoms. The van der Waals surface area contributed by atoms with Gasteiger partial charge in [-0.1, -0.05) is 27.3 Å². The van der Waals surface area contributed by atoms with Gasteiger partial charge in [0.15, 0.2) is 5.13 Å². The van der Waals surface area contributed by atoms with Crippen LogP contribution < -0.4 is 5.32 Å². The molecule has 2 aromatic heterocycles. The highest BCUT2D eigenvalue weighted by Gasteiger charge is 2.12. The Kier molecular flexibility index (Phi) is 4.29. The molecule has 3 heterocycles. The van der Waals surface area contributed by atoms with E-state index in [9.17, 15) is 0 Å². The molecule has 1 saturated heterocycles. The lowest BCUT2D eigenvalue weighted by atomic mass is 10.2. The lowest BCUT2D eigenvalue weighted by Gasteiger charge is -2.14. The molecule has 1 aliphatic heterocycles. The van der Waals surface area contributed by atoms with Crippen LogP contribution in [0, 0.1) is 0 Å². The van der Waals surface area contributed by atoms with E-state index in [1.807, 2.05) is 18.3 Å².